The number of ether oxygens (including phenoxy) is 1. The van der Waals surface area contributed by atoms with Crippen LogP contribution in [0.25, 0.3) is 0 Å². The van der Waals surface area contributed by atoms with Crippen molar-refractivity contribution in [3.8, 4) is 0 Å². The van der Waals surface area contributed by atoms with Crippen molar-refractivity contribution in [2.24, 2.45) is 0 Å². The molecule has 2 rings (SSSR count). The minimum Gasteiger partial charge on any atom is -0.465 e. The summed E-state index contributed by atoms with van der Waals surface area (Å²) in [5, 5.41) is 3.49. The lowest BCUT2D eigenvalue weighted by molar-refractivity contribution is 0.0601. The van der Waals surface area contributed by atoms with Crippen molar-refractivity contribution in [1.29, 1.82) is 0 Å². The van der Waals surface area contributed by atoms with E-state index < -0.39 is 0 Å². The molecule has 1 N–H and O–H groups in total. The number of hydrogen-bond donors (Lipinski definition) is 1. The quantitative estimate of drug-likeness (QED) is 0.832. The molecule has 0 spiro atoms. The van der Waals surface area contributed by atoms with E-state index in [1.54, 1.807) is 0 Å². The van der Waals surface area contributed by atoms with Crippen LogP contribution in [0.3, 0.4) is 0 Å². The summed E-state index contributed by atoms with van der Waals surface area (Å²) in [6, 6.07) is 6.04. The van der Waals surface area contributed by atoms with Crippen LogP contribution in [0.4, 0.5) is 11.4 Å². The summed E-state index contributed by atoms with van der Waals surface area (Å²) in [6.07, 6.45) is 0. The van der Waals surface area contributed by atoms with Gasteiger partial charge >= 0.3 is 5.97 Å². The Bertz CT molecular complexity index is 495. The number of carbonyl (C=O) groups excluding carboxylic acids is 1. The van der Waals surface area contributed by atoms with Crippen LogP contribution in [0.2, 0.25) is 0 Å². The molecule has 1 aromatic carbocycles. The number of nitrogens with zero attached hydrogens (tertiary/aromatic N) is 1. The van der Waals surface area contributed by atoms with Crippen molar-refractivity contribution in [2.45, 2.75) is 39.3 Å². The predicted octanol–water partition coefficient (Wildman–Crippen LogP) is 2.89. The number of nitrogens with one attached hydrogen (secondary N) is 1. The fraction of sp³-hybridized carbons (Fsp3) is 0.533. The molecule has 19 heavy (non-hydrogen) atoms. The van der Waals surface area contributed by atoms with Gasteiger partial charge < -0.3 is 15.0 Å². The highest BCUT2D eigenvalue weighted by Gasteiger charge is 2.33. The zero-order chi connectivity index (χ0) is 14.2. The van der Waals surface area contributed by atoms with Gasteiger partial charge in [-0.3, -0.25) is 0 Å². The lowest BCUT2D eigenvalue weighted by atomic mass is 9.96. The van der Waals surface area contributed by atoms with E-state index in [1.807, 2.05) is 18.2 Å². The molecule has 0 bridgehead atoms. The van der Waals surface area contributed by atoms with Gasteiger partial charge in [-0.1, -0.05) is 6.07 Å². The fourth-order valence-electron chi connectivity index (χ4n) is 2.58. The largest absolute Gasteiger partial charge is 0.465 e. The Morgan fingerprint density at radius 3 is 2.68 bits per heavy atom. The third-order valence-corrected chi connectivity index (χ3v) is 3.39. The molecule has 0 aromatic heterocycles. The van der Waals surface area contributed by atoms with Gasteiger partial charge in [-0.05, 0) is 39.8 Å². The number of para-hydroxylation sites is 1. The van der Waals surface area contributed by atoms with Crippen LogP contribution in [0.1, 0.15) is 38.1 Å². The molecule has 0 saturated carbocycles. The fourth-order valence-corrected chi connectivity index (χ4v) is 2.58. The summed E-state index contributed by atoms with van der Waals surface area (Å²) in [4.78, 5) is 14.2. The summed E-state index contributed by atoms with van der Waals surface area (Å²) in [5.74, 6) is -0.288. The Morgan fingerprint density at radius 2 is 2.11 bits per heavy atom. The molecule has 0 atom stereocenters. The van der Waals surface area contributed by atoms with E-state index in [0.717, 1.165) is 17.9 Å². The van der Waals surface area contributed by atoms with E-state index >= 15 is 0 Å². The molecule has 4 nitrogen and oxygen atoms in total. The Labute approximate surface area is 114 Å². The zero-order valence-electron chi connectivity index (χ0n) is 12.3. The average molecular weight is 262 g/mol. The second-order valence-corrected chi connectivity index (χ2v) is 5.92. The van der Waals surface area contributed by atoms with Crippen molar-refractivity contribution in [2.75, 3.05) is 23.9 Å². The summed E-state index contributed by atoms with van der Waals surface area (Å²) in [5.41, 5.74) is 2.54. The van der Waals surface area contributed by atoms with Crippen LogP contribution in [0.5, 0.6) is 0 Å². The molecule has 1 aliphatic rings. The number of rotatable bonds is 2. The molecule has 0 aliphatic carbocycles. The van der Waals surface area contributed by atoms with Gasteiger partial charge in [0.05, 0.1) is 24.0 Å². The number of benzene rings is 1. The van der Waals surface area contributed by atoms with Crippen LogP contribution < -0.4 is 10.2 Å². The summed E-state index contributed by atoms with van der Waals surface area (Å²) < 4.78 is 4.89. The normalized spacial score (nSPS) is 16.8. The van der Waals surface area contributed by atoms with Gasteiger partial charge in [0, 0.05) is 18.1 Å². The smallest absolute Gasteiger partial charge is 0.340 e. The number of esters is 1. The summed E-state index contributed by atoms with van der Waals surface area (Å²) >= 11 is 0. The average Bonchev–Trinajstić information content (AvgIpc) is 2.34. The zero-order valence-corrected chi connectivity index (χ0v) is 12.3. The highest BCUT2D eigenvalue weighted by molar-refractivity contribution is 6.00. The highest BCUT2D eigenvalue weighted by atomic mass is 16.5. The maximum Gasteiger partial charge on any atom is 0.340 e. The molecule has 104 valence electrons. The van der Waals surface area contributed by atoms with E-state index in [0.29, 0.717) is 11.6 Å². The first kappa shape index (κ1) is 13.7. The first-order chi connectivity index (χ1) is 8.85. The van der Waals surface area contributed by atoms with Crippen LogP contribution in [0, 0.1) is 0 Å². The minimum absolute atomic E-state index is 0.0218. The van der Waals surface area contributed by atoms with E-state index in [2.05, 4.69) is 37.9 Å². The highest BCUT2D eigenvalue weighted by Crippen LogP contribution is 2.38. The molecule has 1 heterocycles. The van der Waals surface area contributed by atoms with Crippen molar-refractivity contribution < 1.29 is 9.53 Å². The lowest BCUT2D eigenvalue weighted by Gasteiger charge is -2.44. The van der Waals surface area contributed by atoms with Crippen LogP contribution in [0.15, 0.2) is 18.2 Å². The van der Waals surface area contributed by atoms with Crippen LogP contribution in [-0.2, 0) is 4.74 Å². The van der Waals surface area contributed by atoms with Crippen LogP contribution in [-0.4, -0.2) is 31.2 Å². The Kier molecular flexibility index (Phi) is 3.43. The number of anilines is 2. The summed E-state index contributed by atoms with van der Waals surface area (Å²) in [6.45, 7) is 9.45. The van der Waals surface area contributed by atoms with E-state index in [1.165, 1.54) is 7.11 Å². The minimum atomic E-state index is -0.288. The van der Waals surface area contributed by atoms with Gasteiger partial charge in [-0.15, -0.1) is 0 Å². The molecule has 1 aliphatic heterocycles. The van der Waals surface area contributed by atoms with Crippen molar-refractivity contribution in [1.82, 2.24) is 0 Å². The van der Waals surface area contributed by atoms with Gasteiger partial charge in [0.1, 0.15) is 0 Å². The molecular weight excluding hydrogens is 240 g/mol. The second-order valence-electron chi connectivity index (χ2n) is 5.92. The van der Waals surface area contributed by atoms with Gasteiger partial charge in [-0.2, -0.15) is 0 Å². The van der Waals surface area contributed by atoms with Gasteiger partial charge in [0.25, 0.3) is 0 Å². The standard InChI is InChI=1S/C15H22N2O2/c1-10(2)17-9-15(3,4)16-12-8-6-7-11(13(12)17)14(18)19-5/h6-8,10,16H,9H2,1-5H3. The number of hydrogen-bond acceptors (Lipinski definition) is 4. The SMILES string of the molecule is COC(=O)c1cccc2c1N(C(C)C)CC(C)(C)N2. The summed E-state index contributed by atoms with van der Waals surface area (Å²) in [7, 11) is 1.42. The predicted molar refractivity (Wildman–Crippen MR) is 78.0 cm³/mol. The molecule has 0 saturated heterocycles. The molecule has 0 unspecified atom stereocenters. The Hall–Kier alpha value is -1.71. The van der Waals surface area contributed by atoms with Crippen molar-refractivity contribution >= 4 is 17.3 Å². The molecule has 0 fully saturated rings. The molecule has 0 radical (unpaired) electrons. The maximum absolute atomic E-state index is 11.9. The van der Waals surface area contributed by atoms with E-state index in [4.69, 9.17) is 4.74 Å². The lowest BCUT2D eigenvalue weighted by Crippen LogP contribution is -2.51. The van der Waals surface area contributed by atoms with E-state index in [9.17, 15) is 4.79 Å². The topological polar surface area (TPSA) is 41.6 Å². The van der Waals surface area contributed by atoms with Crippen molar-refractivity contribution in [3.63, 3.8) is 0 Å². The van der Waals surface area contributed by atoms with Gasteiger partial charge in [-0.25, -0.2) is 4.79 Å². The van der Waals surface area contributed by atoms with Gasteiger partial charge in [0.2, 0.25) is 0 Å². The van der Waals surface area contributed by atoms with Crippen LogP contribution >= 0.6 is 0 Å². The molecule has 4 heteroatoms. The number of methoxy groups -OCH3 is 1. The molecule has 0 amide bonds. The number of carbonyl (C=O) groups is 1. The van der Waals surface area contributed by atoms with Crippen molar-refractivity contribution in [3.05, 3.63) is 23.8 Å². The first-order valence-corrected chi connectivity index (χ1v) is 6.62. The first-order valence-electron chi connectivity index (χ1n) is 6.62. The third kappa shape index (κ3) is 2.53. The van der Waals surface area contributed by atoms with Gasteiger partial charge in [0.15, 0.2) is 0 Å². The third-order valence-electron chi connectivity index (χ3n) is 3.39. The van der Waals surface area contributed by atoms with E-state index in [-0.39, 0.29) is 11.5 Å². The second kappa shape index (κ2) is 4.76. The molecule has 1 aromatic rings. The maximum atomic E-state index is 11.9. The number of fused-ring (bicyclic) bond motifs is 1. The Balaban J connectivity index is 2.58. The molecular formula is C15H22N2O2. The monoisotopic (exact) mass is 262 g/mol. The Morgan fingerprint density at radius 1 is 1.42 bits per heavy atom.